The van der Waals surface area contributed by atoms with Crippen LogP contribution in [0.4, 0.5) is 0 Å². The molecule has 0 amide bonds. The molecule has 13 heavy (non-hydrogen) atoms. The topological polar surface area (TPSA) is 35.2 Å². The van der Waals surface area contributed by atoms with Crippen molar-refractivity contribution in [1.82, 2.24) is 0 Å². The molecule has 0 aliphatic carbocycles. The molecule has 2 nitrogen and oxygen atoms in total. The second-order valence-corrected chi connectivity index (χ2v) is 3.45. The second-order valence-electron chi connectivity index (χ2n) is 3.45. The average Bonchev–Trinajstić information content (AvgIpc) is 2.71. The minimum absolute atomic E-state index is 0.312. The summed E-state index contributed by atoms with van der Waals surface area (Å²) in [6.07, 6.45) is 2.64. The molecule has 1 heterocycles. The van der Waals surface area contributed by atoms with Crippen molar-refractivity contribution in [2.75, 3.05) is 6.61 Å². The lowest BCUT2D eigenvalue weighted by atomic mass is 10.0. The summed E-state index contributed by atoms with van der Waals surface area (Å²) in [7, 11) is 0. The summed E-state index contributed by atoms with van der Waals surface area (Å²) in [5.41, 5.74) is 8.04. The third-order valence-corrected chi connectivity index (χ3v) is 2.49. The molecule has 1 aliphatic rings. The molecule has 0 spiro atoms. The van der Waals surface area contributed by atoms with Gasteiger partial charge in [0.2, 0.25) is 0 Å². The number of rotatable bonds is 2. The van der Waals surface area contributed by atoms with Gasteiger partial charge in [-0.05, 0) is 24.0 Å². The molecule has 1 fully saturated rings. The average molecular weight is 177 g/mol. The zero-order valence-corrected chi connectivity index (χ0v) is 7.70. The molecule has 2 heteroatoms. The highest BCUT2D eigenvalue weighted by atomic mass is 16.5. The third-order valence-electron chi connectivity index (χ3n) is 2.49. The van der Waals surface area contributed by atoms with Crippen molar-refractivity contribution in [2.24, 2.45) is 5.73 Å². The molecular weight excluding hydrogens is 162 g/mol. The van der Waals surface area contributed by atoms with E-state index in [1.54, 1.807) is 0 Å². The smallest absolute Gasteiger partial charge is 0.0825 e. The van der Waals surface area contributed by atoms with Gasteiger partial charge in [0.1, 0.15) is 0 Å². The second kappa shape index (κ2) is 3.90. The number of hydrogen-bond donors (Lipinski definition) is 1. The molecule has 1 atom stereocenters. The molecule has 1 saturated heterocycles. The van der Waals surface area contributed by atoms with E-state index < -0.39 is 0 Å². The summed E-state index contributed by atoms with van der Waals surface area (Å²) in [6, 6.07) is 8.38. The monoisotopic (exact) mass is 177 g/mol. The van der Waals surface area contributed by atoms with Crippen LogP contribution in [-0.2, 0) is 11.3 Å². The van der Waals surface area contributed by atoms with Crippen LogP contribution in [0.5, 0.6) is 0 Å². The highest BCUT2D eigenvalue weighted by Gasteiger charge is 2.17. The molecule has 0 radical (unpaired) electrons. The summed E-state index contributed by atoms with van der Waals surface area (Å²) in [5, 5.41) is 0. The van der Waals surface area contributed by atoms with E-state index in [2.05, 4.69) is 24.3 Å². The van der Waals surface area contributed by atoms with Crippen LogP contribution in [0.1, 0.15) is 30.1 Å². The first-order valence-corrected chi connectivity index (χ1v) is 4.80. The van der Waals surface area contributed by atoms with Crippen molar-refractivity contribution in [3.05, 3.63) is 35.4 Å². The van der Waals surface area contributed by atoms with Crippen molar-refractivity contribution < 1.29 is 4.74 Å². The van der Waals surface area contributed by atoms with E-state index in [1.165, 1.54) is 17.5 Å². The normalized spacial score (nSPS) is 22.1. The number of ether oxygens (including phenoxy) is 1. The maximum absolute atomic E-state index is 5.60. The summed E-state index contributed by atoms with van der Waals surface area (Å²) in [6.45, 7) is 1.51. The van der Waals surface area contributed by atoms with Gasteiger partial charge < -0.3 is 10.5 Å². The molecule has 0 unspecified atom stereocenters. The number of nitrogens with two attached hydrogens (primary N) is 1. The van der Waals surface area contributed by atoms with Crippen molar-refractivity contribution in [3.63, 3.8) is 0 Å². The Hall–Kier alpha value is -0.860. The fraction of sp³-hybridized carbons (Fsp3) is 0.455. The van der Waals surface area contributed by atoms with Crippen LogP contribution in [0.25, 0.3) is 0 Å². The molecule has 70 valence electrons. The summed E-state index contributed by atoms with van der Waals surface area (Å²) < 4.78 is 5.60. The maximum atomic E-state index is 5.60. The Morgan fingerprint density at radius 3 is 3.08 bits per heavy atom. The Bertz CT molecular complexity index is 279. The van der Waals surface area contributed by atoms with Crippen LogP contribution in [0.2, 0.25) is 0 Å². The van der Waals surface area contributed by atoms with Crippen LogP contribution >= 0.6 is 0 Å². The Kier molecular flexibility index (Phi) is 2.62. The highest BCUT2D eigenvalue weighted by molar-refractivity contribution is 5.25. The lowest BCUT2D eigenvalue weighted by molar-refractivity contribution is 0.112. The van der Waals surface area contributed by atoms with E-state index in [0.29, 0.717) is 12.6 Å². The zero-order valence-electron chi connectivity index (χ0n) is 7.70. The fourth-order valence-electron chi connectivity index (χ4n) is 1.76. The predicted octanol–water partition coefficient (Wildman–Crippen LogP) is 2.00. The first-order chi connectivity index (χ1) is 6.40. The zero-order chi connectivity index (χ0) is 9.10. The molecular formula is C11H15NO. The van der Waals surface area contributed by atoms with Crippen molar-refractivity contribution >= 4 is 0 Å². The van der Waals surface area contributed by atoms with Crippen LogP contribution in [-0.4, -0.2) is 6.61 Å². The van der Waals surface area contributed by atoms with E-state index in [0.717, 1.165) is 13.0 Å². The minimum Gasteiger partial charge on any atom is -0.374 e. The SMILES string of the molecule is NCc1cccc([C@H]2CCCO2)c1. The summed E-state index contributed by atoms with van der Waals surface area (Å²) >= 11 is 0. The lowest BCUT2D eigenvalue weighted by Gasteiger charge is -2.10. The Balaban J connectivity index is 2.18. The van der Waals surface area contributed by atoms with E-state index in [1.807, 2.05) is 0 Å². The molecule has 0 saturated carbocycles. The van der Waals surface area contributed by atoms with Crippen LogP contribution < -0.4 is 5.73 Å². The van der Waals surface area contributed by atoms with Gasteiger partial charge >= 0.3 is 0 Å². The predicted molar refractivity (Wildman–Crippen MR) is 52.3 cm³/mol. The first kappa shape index (κ1) is 8.73. The lowest BCUT2D eigenvalue weighted by Crippen LogP contribution is -2.00. The summed E-state index contributed by atoms with van der Waals surface area (Å²) in [4.78, 5) is 0. The number of benzene rings is 1. The molecule has 0 bridgehead atoms. The highest BCUT2D eigenvalue weighted by Crippen LogP contribution is 2.28. The Morgan fingerprint density at radius 2 is 2.38 bits per heavy atom. The first-order valence-electron chi connectivity index (χ1n) is 4.80. The van der Waals surface area contributed by atoms with Gasteiger partial charge in [-0.25, -0.2) is 0 Å². The molecule has 1 aromatic rings. The molecule has 2 rings (SSSR count). The number of hydrogen-bond acceptors (Lipinski definition) is 2. The van der Waals surface area contributed by atoms with Gasteiger partial charge in [-0.3, -0.25) is 0 Å². The van der Waals surface area contributed by atoms with Gasteiger partial charge in [-0.1, -0.05) is 24.3 Å². The standard InChI is InChI=1S/C11H15NO/c12-8-9-3-1-4-10(7-9)11-5-2-6-13-11/h1,3-4,7,11H,2,5-6,8,12H2/t11-/m1/s1. The van der Waals surface area contributed by atoms with E-state index in [-0.39, 0.29) is 0 Å². The maximum Gasteiger partial charge on any atom is 0.0825 e. The molecule has 1 aliphatic heterocycles. The molecule has 2 N–H and O–H groups in total. The van der Waals surface area contributed by atoms with Crippen LogP contribution in [0, 0.1) is 0 Å². The van der Waals surface area contributed by atoms with Crippen molar-refractivity contribution in [3.8, 4) is 0 Å². The van der Waals surface area contributed by atoms with E-state index in [4.69, 9.17) is 10.5 Å². The van der Waals surface area contributed by atoms with Gasteiger partial charge in [0.25, 0.3) is 0 Å². The minimum atomic E-state index is 0.312. The summed E-state index contributed by atoms with van der Waals surface area (Å²) in [5.74, 6) is 0. The third kappa shape index (κ3) is 1.90. The quantitative estimate of drug-likeness (QED) is 0.749. The Morgan fingerprint density at radius 1 is 1.46 bits per heavy atom. The fourth-order valence-corrected chi connectivity index (χ4v) is 1.76. The molecule has 1 aromatic carbocycles. The van der Waals surface area contributed by atoms with E-state index >= 15 is 0 Å². The largest absolute Gasteiger partial charge is 0.374 e. The van der Waals surface area contributed by atoms with Crippen LogP contribution in [0.15, 0.2) is 24.3 Å². The van der Waals surface area contributed by atoms with Crippen molar-refractivity contribution in [2.45, 2.75) is 25.5 Å². The van der Waals surface area contributed by atoms with Crippen LogP contribution in [0.3, 0.4) is 0 Å². The molecule has 0 aromatic heterocycles. The van der Waals surface area contributed by atoms with E-state index in [9.17, 15) is 0 Å². The van der Waals surface area contributed by atoms with Gasteiger partial charge in [-0.2, -0.15) is 0 Å². The van der Waals surface area contributed by atoms with Gasteiger partial charge in [-0.15, -0.1) is 0 Å². The van der Waals surface area contributed by atoms with Gasteiger partial charge in [0.05, 0.1) is 6.10 Å². The van der Waals surface area contributed by atoms with Gasteiger partial charge in [0.15, 0.2) is 0 Å². The van der Waals surface area contributed by atoms with Crippen molar-refractivity contribution in [1.29, 1.82) is 0 Å². The Labute approximate surface area is 78.7 Å². The van der Waals surface area contributed by atoms with Gasteiger partial charge in [0, 0.05) is 13.2 Å².